The third-order valence-electron chi connectivity index (χ3n) is 2.20. The number of nitrogens with one attached hydrogen (secondary N) is 3. The van der Waals surface area contributed by atoms with Crippen molar-refractivity contribution in [3.05, 3.63) is 0 Å². The van der Waals surface area contributed by atoms with Crippen LogP contribution in [0.4, 0.5) is 0 Å². The van der Waals surface area contributed by atoms with E-state index in [9.17, 15) is 13.2 Å². The van der Waals surface area contributed by atoms with Gasteiger partial charge in [0, 0.05) is 17.6 Å². The van der Waals surface area contributed by atoms with Gasteiger partial charge in [-0.2, -0.15) is 0 Å². The van der Waals surface area contributed by atoms with Gasteiger partial charge in [0.25, 0.3) is 0 Å². The van der Waals surface area contributed by atoms with Crippen molar-refractivity contribution in [3.8, 4) is 0 Å². The first-order valence-corrected chi connectivity index (χ1v) is 8.15. The van der Waals surface area contributed by atoms with E-state index in [1.807, 2.05) is 20.8 Å². The van der Waals surface area contributed by atoms with E-state index in [-0.39, 0.29) is 17.5 Å². The highest BCUT2D eigenvalue weighted by Crippen LogP contribution is 2.04. The highest BCUT2D eigenvalue weighted by Gasteiger charge is 2.25. The summed E-state index contributed by atoms with van der Waals surface area (Å²) in [6.45, 7) is 11.4. The summed E-state index contributed by atoms with van der Waals surface area (Å²) in [4.78, 5) is 11.8. The molecular weight excluding hydrogens is 266 g/mol. The lowest BCUT2D eigenvalue weighted by Crippen LogP contribution is -2.55. The zero-order valence-electron chi connectivity index (χ0n) is 12.9. The number of carbonyl (C=O) groups excluding carboxylic acids is 1. The van der Waals surface area contributed by atoms with Crippen molar-refractivity contribution in [1.82, 2.24) is 15.4 Å². The van der Waals surface area contributed by atoms with Crippen LogP contribution in [0.3, 0.4) is 0 Å². The van der Waals surface area contributed by atoms with Gasteiger partial charge in [0.1, 0.15) is 0 Å². The van der Waals surface area contributed by atoms with Crippen LogP contribution in [0.1, 0.15) is 41.5 Å². The quantitative estimate of drug-likeness (QED) is 0.653. The fraction of sp³-hybridized carbons (Fsp3) is 0.917. The van der Waals surface area contributed by atoms with Crippen LogP contribution in [0.5, 0.6) is 0 Å². The summed E-state index contributed by atoms with van der Waals surface area (Å²) in [6, 6.07) is -0.389. The Balaban J connectivity index is 4.37. The first kappa shape index (κ1) is 18.3. The van der Waals surface area contributed by atoms with E-state index < -0.39 is 15.6 Å². The fourth-order valence-corrected chi connectivity index (χ4v) is 2.59. The van der Waals surface area contributed by atoms with E-state index in [0.717, 1.165) is 6.26 Å². The predicted molar refractivity (Wildman–Crippen MR) is 77.4 cm³/mol. The fourth-order valence-electron chi connectivity index (χ4n) is 1.52. The zero-order valence-corrected chi connectivity index (χ0v) is 13.7. The molecule has 0 aliphatic carbocycles. The normalized spacial score (nSPS) is 15.1. The zero-order chi connectivity index (χ0) is 15.5. The molecule has 0 bridgehead atoms. The summed E-state index contributed by atoms with van der Waals surface area (Å²) in [5.41, 5.74) is -0.933. The Morgan fingerprint density at radius 3 is 2.00 bits per heavy atom. The molecule has 0 aromatic carbocycles. The van der Waals surface area contributed by atoms with Crippen LogP contribution in [0.25, 0.3) is 0 Å². The molecule has 114 valence electrons. The molecule has 0 spiro atoms. The largest absolute Gasteiger partial charge is 0.350 e. The molecule has 0 radical (unpaired) electrons. The molecule has 0 heterocycles. The van der Waals surface area contributed by atoms with Gasteiger partial charge in [-0.3, -0.25) is 4.79 Å². The minimum atomic E-state index is -3.27. The van der Waals surface area contributed by atoms with E-state index in [1.165, 1.54) is 0 Å². The van der Waals surface area contributed by atoms with E-state index in [2.05, 4.69) is 15.4 Å². The third kappa shape index (κ3) is 9.86. The first-order valence-electron chi connectivity index (χ1n) is 6.26. The van der Waals surface area contributed by atoms with Crippen LogP contribution in [-0.4, -0.2) is 44.2 Å². The topological polar surface area (TPSA) is 87.3 Å². The van der Waals surface area contributed by atoms with Gasteiger partial charge in [-0.25, -0.2) is 13.1 Å². The number of carbonyl (C=O) groups is 1. The van der Waals surface area contributed by atoms with Gasteiger partial charge in [-0.15, -0.1) is 0 Å². The van der Waals surface area contributed by atoms with Crippen LogP contribution in [0.2, 0.25) is 0 Å². The number of rotatable bonds is 6. The van der Waals surface area contributed by atoms with Gasteiger partial charge < -0.3 is 10.6 Å². The van der Waals surface area contributed by atoms with Crippen molar-refractivity contribution in [2.45, 2.75) is 58.7 Å². The number of hydrogen-bond acceptors (Lipinski definition) is 4. The second-order valence-electron chi connectivity index (χ2n) is 6.60. The summed E-state index contributed by atoms with van der Waals surface area (Å²) in [5, 5.41) is 5.89. The monoisotopic (exact) mass is 293 g/mol. The van der Waals surface area contributed by atoms with Gasteiger partial charge >= 0.3 is 0 Å². The second kappa shape index (κ2) is 6.19. The van der Waals surface area contributed by atoms with Crippen LogP contribution >= 0.6 is 0 Å². The molecule has 6 nitrogen and oxygen atoms in total. The van der Waals surface area contributed by atoms with Crippen LogP contribution in [0, 0.1) is 0 Å². The van der Waals surface area contributed by atoms with Crippen LogP contribution < -0.4 is 15.4 Å². The molecule has 0 saturated heterocycles. The smallest absolute Gasteiger partial charge is 0.237 e. The van der Waals surface area contributed by atoms with Crippen molar-refractivity contribution in [1.29, 1.82) is 0 Å². The Labute approximate surface area is 116 Å². The average molecular weight is 293 g/mol. The van der Waals surface area contributed by atoms with Crippen molar-refractivity contribution in [2.24, 2.45) is 0 Å². The van der Waals surface area contributed by atoms with E-state index in [0.29, 0.717) is 6.54 Å². The molecule has 0 saturated carbocycles. The average Bonchev–Trinajstić information content (AvgIpc) is 2.07. The van der Waals surface area contributed by atoms with Gasteiger partial charge in [0.15, 0.2) is 0 Å². The Bertz CT molecular complexity index is 410. The van der Waals surface area contributed by atoms with Crippen molar-refractivity contribution < 1.29 is 13.2 Å². The van der Waals surface area contributed by atoms with E-state index >= 15 is 0 Å². The molecule has 0 rings (SSSR count). The maximum atomic E-state index is 11.8. The summed E-state index contributed by atoms with van der Waals surface area (Å²) < 4.78 is 24.9. The summed E-state index contributed by atoms with van der Waals surface area (Å²) >= 11 is 0. The van der Waals surface area contributed by atoms with E-state index in [4.69, 9.17) is 0 Å². The lowest BCUT2D eigenvalue weighted by Gasteiger charge is -2.28. The minimum Gasteiger partial charge on any atom is -0.350 e. The number of hydrogen-bond donors (Lipinski definition) is 3. The molecule has 1 atom stereocenters. The molecule has 0 aromatic rings. The number of sulfonamides is 1. The molecule has 1 amide bonds. The van der Waals surface area contributed by atoms with E-state index in [1.54, 1.807) is 20.8 Å². The van der Waals surface area contributed by atoms with Gasteiger partial charge in [-0.05, 0) is 41.5 Å². The molecule has 19 heavy (non-hydrogen) atoms. The summed E-state index contributed by atoms with van der Waals surface area (Å²) in [5.74, 6) is -0.109. The highest BCUT2D eigenvalue weighted by molar-refractivity contribution is 7.88. The summed E-state index contributed by atoms with van der Waals surface area (Å²) in [6.07, 6.45) is 1.12. The first-order chi connectivity index (χ1) is 8.22. The van der Waals surface area contributed by atoms with Crippen molar-refractivity contribution in [3.63, 3.8) is 0 Å². The Hall–Kier alpha value is -0.660. The molecular formula is C12H27N3O3S. The maximum absolute atomic E-state index is 11.8. The third-order valence-corrected chi connectivity index (χ3v) is 3.13. The molecule has 0 aromatic heterocycles. The lowest BCUT2D eigenvalue weighted by atomic mass is 10.1. The Morgan fingerprint density at radius 1 is 1.16 bits per heavy atom. The standard InChI is InChI=1S/C12H27N3O3S/c1-9(10(16)14-11(2,3)4)13-8-12(5,6)15-19(7,17)18/h9,13,15H,8H2,1-7H3,(H,14,16). The molecule has 0 fully saturated rings. The molecule has 0 aliphatic heterocycles. The molecule has 3 N–H and O–H groups in total. The Kier molecular flexibility index (Phi) is 5.98. The van der Waals surface area contributed by atoms with Crippen LogP contribution in [-0.2, 0) is 14.8 Å². The van der Waals surface area contributed by atoms with Crippen LogP contribution in [0.15, 0.2) is 0 Å². The van der Waals surface area contributed by atoms with Crippen molar-refractivity contribution in [2.75, 3.05) is 12.8 Å². The van der Waals surface area contributed by atoms with Gasteiger partial charge in [0.05, 0.1) is 12.3 Å². The second-order valence-corrected chi connectivity index (χ2v) is 8.35. The number of amides is 1. The predicted octanol–water partition coefficient (Wildman–Crippen LogP) is 0.207. The summed E-state index contributed by atoms with van der Waals surface area (Å²) in [7, 11) is -3.27. The highest BCUT2D eigenvalue weighted by atomic mass is 32.2. The molecule has 0 aliphatic rings. The van der Waals surface area contributed by atoms with Gasteiger partial charge in [-0.1, -0.05) is 0 Å². The Morgan fingerprint density at radius 2 is 1.63 bits per heavy atom. The molecule has 7 heteroatoms. The van der Waals surface area contributed by atoms with Crippen molar-refractivity contribution >= 4 is 15.9 Å². The SMILES string of the molecule is CC(NCC(C)(C)NS(C)(=O)=O)C(=O)NC(C)(C)C. The minimum absolute atomic E-state index is 0.109. The molecule has 1 unspecified atom stereocenters. The maximum Gasteiger partial charge on any atom is 0.237 e. The van der Waals surface area contributed by atoms with Gasteiger partial charge in [0.2, 0.25) is 15.9 Å². The lowest BCUT2D eigenvalue weighted by molar-refractivity contribution is -0.124.